The first kappa shape index (κ1) is 14.7. The van der Waals surface area contributed by atoms with E-state index >= 15 is 0 Å². The molecule has 1 heterocycles. The van der Waals surface area contributed by atoms with Crippen LogP contribution in [0.2, 0.25) is 0 Å². The number of rotatable bonds is 1. The minimum Gasteiger partial charge on any atom is -0.332 e. The smallest absolute Gasteiger partial charge is 0.237 e. The third kappa shape index (κ3) is 3.42. The van der Waals surface area contributed by atoms with Crippen molar-refractivity contribution in [3.05, 3.63) is 34.9 Å². The summed E-state index contributed by atoms with van der Waals surface area (Å²) in [6.07, 6.45) is 2.36. The lowest BCUT2D eigenvalue weighted by Gasteiger charge is -2.20. The van der Waals surface area contributed by atoms with Crippen LogP contribution in [0.4, 0.5) is 0 Å². The summed E-state index contributed by atoms with van der Waals surface area (Å²) in [6.45, 7) is 10.4. The molecule has 1 saturated heterocycles. The van der Waals surface area contributed by atoms with Crippen molar-refractivity contribution in [3.8, 4) is 12.0 Å². The zero-order chi connectivity index (χ0) is 14.8. The molecule has 0 radical (unpaired) electrons. The van der Waals surface area contributed by atoms with Crippen molar-refractivity contribution in [1.29, 1.82) is 0 Å². The van der Waals surface area contributed by atoms with E-state index in [-0.39, 0.29) is 11.2 Å². The van der Waals surface area contributed by atoms with Crippen LogP contribution < -0.4 is 0 Å². The van der Waals surface area contributed by atoms with Crippen molar-refractivity contribution < 1.29 is 4.79 Å². The number of aryl methyl sites for hydroxylation is 1. The van der Waals surface area contributed by atoms with E-state index in [4.69, 9.17) is 0 Å². The van der Waals surface area contributed by atoms with E-state index in [0.717, 1.165) is 24.2 Å². The van der Waals surface area contributed by atoms with Crippen LogP contribution in [0.25, 0.3) is 0 Å². The van der Waals surface area contributed by atoms with Gasteiger partial charge in [0.15, 0.2) is 0 Å². The van der Waals surface area contributed by atoms with Crippen molar-refractivity contribution in [2.24, 2.45) is 0 Å². The number of nitrogens with zero attached hydrogens (tertiary/aromatic N) is 1. The Hall–Kier alpha value is -1.75. The summed E-state index contributed by atoms with van der Waals surface area (Å²) in [5, 5.41) is 0. The van der Waals surface area contributed by atoms with E-state index in [1.165, 1.54) is 18.4 Å². The number of carbonyl (C=O) groups is 1. The Morgan fingerprint density at radius 3 is 2.45 bits per heavy atom. The Labute approximate surface area is 122 Å². The maximum Gasteiger partial charge on any atom is 0.237 e. The maximum atomic E-state index is 12.3. The Balaban J connectivity index is 2.24. The number of carbonyl (C=O) groups excluding carboxylic acids is 1. The fraction of sp³-hybridized carbons (Fsp3) is 0.500. The summed E-state index contributed by atoms with van der Waals surface area (Å²) in [7, 11) is 0. The number of benzene rings is 1. The molecule has 20 heavy (non-hydrogen) atoms. The van der Waals surface area contributed by atoms with E-state index in [2.05, 4.69) is 38.8 Å². The molecule has 0 bridgehead atoms. The minimum absolute atomic E-state index is 0.0467. The summed E-state index contributed by atoms with van der Waals surface area (Å²) < 4.78 is 0. The molecule has 0 unspecified atom stereocenters. The van der Waals surface area contributed by atoms with Gasteiger partial charge in [-0.15, -0.1) is 0 Å². The first-order valence-corrected chi connectivity index (χ1v) is 7.30. The summed E-state index contributed by atoms with van der Waals surface area (Å²) in [5.74, 6) is 2.73. The molecule has 0 spiro atoms. The monoisotopic (exact) mass is 269 g/mol. The van der Waals surface area contributed by atoms with Crippen LogP contribution in [-0.4, -0.2) is 23.8 Å². The van der Waals surface area contributed by atoms with Crippen LogP contribution >= 0.6 is 0 Å². The second-order valence-electron chi connectivity index (χ2n) is 6.54. The number of hydrogen-bond acceptors (Lipinski definition) is 2. The molecule has 1 fully saturated rings. The Kier molecular flexibility index (Phi) is 4.18. The molecule has 1 aliphatic heterocycles. The highest BCUT2D eigenvalue weighted by atomic mass is 16.1. The van der Waals surface area contributed by atoms with Gasteiger partial charge < -0.3 is 4.90 Å². The predicted octanol–water partition coefficient (Wildman–Crippen LogP) is 3.53. The van der Waals surface area contributed by atoms with E-state index in [0.29, 0.717) is 0 Å². The Morgan fingerprint density at radius 1 is 1.20 bits per heavy atom. The summed E-state index contributed by atoms with van der Waals surface area (Å²) in [5.41, 5.74) is 2.96. The highest BCUT2D eigenvalue weighted by Crippen LogP contribution is 2.24. The maximum absolute atomic E-state index is 12.3. The molecular formula is C18H23NO. The van der Waals surface area contributed by atoms with Crippen molar-refractivity contribution in [2.45, 2.75) is 46.0 Å². The molecule has 0 N–H and O–H groups in total. The fourth-order valence-corrected chi connectivity index (χ4v) is 2.36. The van der Waals surface area contributed by atoms with E-state index in [1.54, 1.807) is 0 Å². The molecule has 0 aliphatic carbocycles. The van der Waals surface area contributed by atoms with Crippen LogP contribution in [0.15, 0.2) is 18.2 Å². The molecule has 106 valence electrons. The van der Waals surface area contributed by atoms with Crippen LogP contribution in [-0.2, 0) is 5.41 Å². The fourth-order valence-electron chi connectivity index (χ4n) is 2.36. The number of Topliss-reactive ketones (excluding diaryl/α,β-unsaturated/α-hetero) is 1. The van der Waals surface area contributed by atoms with Gasteiger partial charge in [-0.05, 0) is 48.3 Å². The average Bonchev–Trinajstić information content (AvgIpc) is 2.88. The van der Waals surface area contributed by atoms with Gasteiger partial charge >= 0.3 is 0 Å². The van der Waals surface area contributed by atoms with Crippen LogP contribution in [0.3, 0.4) is 0 Å². The normalized spacial score (nSPS) is 14.9. The quantitative estimate of drug-likeness (QED) is 0.574. The van der Waals surface area contributed by atoms with Crippen LogP contribution in [0.1, 0.15) is 55.1 Å². The van der Waals surface area contributed by atoms with E-state index in [1.807, 2.05) is 24.0 Å². The predicted molar refractivity (Wildman–Crippen MR) is 82.8 cm³/mol. The lowest BCUT2D eigenvalue weighted by Crippen LogP contribution is -2.14. The van der Waals surface area contributed by atoms with E-state index < -0.39 is 0 Å². The van der Waals surface area contributed by atoms with Gasteiger partial charge in [0.25, 0.3) is 0 Å². The van der Waals surface area contributed by atoms with Gasteiger partial charge in [-0.2, -0.15) is 0 Å². The topological polar surface area (TPSA) is 20.3 Å². The van der Waals surface area contributed by atoms with Crippen LogP contribution in [0.5, 0.6) is 0 Å². The van der Waals surface area contributed by atoms with Gasteiger partial charge in [-0.3, -0.25) is 4.79 Å². The van der Waals surface area contributed by atoms with E-state index in [9.17, 15) is 4.79 Å². The lowest BCUT2D eigenvalue weighted by molar-refractivity contribution is 0.105. The highest BCUT2D eigenvalue weighted by molar-refractivity contribution is 6.10. The van der Waals surface area contributed by atoms with Gasteiger partial charge in [0.1, 0.15) is 0 Å². The first-order valence-electron chi connectivity index (χ1n) is 7.30. The third-order valence-electron chi connectivity index (χ3n) is 3.78. The summed E-state index contributed by atoms with van der Waals surface area (Å²) in [6, 6.07) is 9.11. The number of hydrogen-bond donors (Lipinski definition) is 0. The Bertz CT molecular complexity index is 563. The Morgan fingerprint density at radius 2 is 1.85 bits per heavy atom. The number of ketones is 1. The van der Waals surface area contributed by atoms with Gasteiger partial charge in [-0.1, -0.05) is 32.9 Å². The molecule has 0 saturated carbocycles. The molecule has 1 aromatic rings. The molecule has 0 aromatic heterocycles. The van der Waals surface area contributed by atoms with Crippen LogP contribution in [0, 0.1) is 18.9 Å². The molecule has 2 rings (SSSR count). The van der Waals surface area contributed by atoms with Crippen molar-refractivity contribution in [1.82, 2.24) is 4.90 Å². The van der Waals surface area contributed by atoms with Gasteiger partial charge in [0.2, 0.25) is 5.78 Å². The van der Waals surface area contributed by atoms with Gasteiger partial charge in [0.05, 0.1) is 0 Å². The second kappa shape index (κ2) is 5.71. The van der Waals surface area contributed by atoms with Gasteiger partial charge in [0, 0.05) is 24.7 Å². The zero-order valence-corrected chi connectivity index (χ0v) is 12.9. The molecule has 1 aliphatic rings. The van der Waals surface area contributed by atoms with Gasteiger partial charge in [-0.25, -0.2) is 0 Å². The number of likely N-dealkylation sites (tertiary alicyclic amines) is 1. The molecule has 2 nitrogen and oxygen atoms in total. The largest absolute Gasteiger partial charge is 0.332 e. The molecule has 0 atom stereocenters. The minimum atomic E-state index is -0.0690. The van der Waals surface area contributed by atoms with Crippen molar-refractivity contribution in [2.75, 3.05) is 13.1 Å². The molecule has 2 heteroatoms. The lowest BCUT2D eigenvalue weighted by atomic mass is 9.85. The zero-order valence-electron chi connectivity index (χ0n) is 12.9. The third-order valence-corrected chi connectivity index (χ3v) is 3.78. The average molecular weight is 269 g/mol. The van der Waals surface area contributed by atoms with Crippen molar-refractivity contribution in [3.63, 3.8) is 0 Å². The summed E-state index contributed by atoms with van der Waals surface area (Å²) in [4.78, 5) is 14.3. The first-order chi connectivity index (χ1) is 9.38. The summed E-state index contributed by atoms with van der Waals surface area (Å²) >= 11 is 0. The molecule has 1 aromatic carbocycles. The van der Waals surface area contributed by atoms with Crippen molar-refractivity contribution >= 4 is 5.78 Å². The second-order valence-corrected chi connectivity index (χ2v) is 6.54. The molecular weight excluding hydrogens is 246 g/mol. The highest BCUT2D eigenvalue weighted by Gasteiger charge is 2.17. The molecule has 0 amide bonds. The standard InChI is InChI=1S/C18H23NO/c1-14-7-8-15(18(2,3)4)13-16(14)17(20)9-12-19-10-5-6-11-19/h7-8,13H,5-6,10-11H2,1-4H3. The SMILES string of the molecule is Cc1ccc(C(C)(C)C)cc1C(=O)C#CN1CCCC1.